The summed E-state index contributed by atoms with van der Waals surface area (Å²) in [4.78, 5) is 18.2. The normalized spacial score (nSPS) is 15.2. The van der Waals surface area contributed by atoms with Crippen LogP contribution in [0.3, 0.4) is 0 Å². The second-order valence-electron chi connectivity index (χ2n) is 6.46. The number of guanidine groups is 1. The smallest absolute Gasteiger partial charge is 0.308 e. The Morgan fingerprint density at radius 3 is 2.56 bits per heavy atom. The molecule has 1 aromatic carbocycles. The molecule has 1 N–H and O–H groups in total. The molecular weight excluding hydrogens is 457 g/mol. The quantitative estimate of drug-likeness (QED) is 0.200. The third kappa shape index (κ3) is 8.47. The first kappa shape index (κ1) is 23.7. The van der Waals surface area contributed by atoms with Crippen LogP contribution in [-0.4, -0.2) is 63.8 Å². The van der Waals surface area contributed by atoms with Gasteiger partial charge >= 0.3 is 5.97 Å². The van der Waals surface area contributed by atoms with E-state index in [1.807, 2.05) is 6.07 Å². The highest BCUT2D eigenvalue weighted by molar-refractivity contribution is 14.0. The average Bonchev–Trinajstić information content (AvgIpc) is 2.70. The first-order valence-electron chi connectivity index (χ1n) is 9.39. The Hall–Kier alpha value is -1.35. The second kappa shape index (κ2) is 13.8. The lowest BCUT2D eigenvalue weighted by molar-refractivity contribution is -0.146. The number of nitrogens with one attached hydrogen (secondary N) is 1. The van der Waals surface area contributed by atoms with Gasteiger partial charge in [-0.1, -0.05) is 30.3 Å². The Morgan fingerprint density at radius 1 is 1.22 bits per heavy atom. The van der Waals surface area contributed by atoms with Crippen molar-refractivity contribution in [3.8, 4) is 0 Å². The Morgan fingerprint density at radius 2 is 1.93 bits per heavy atom. The zero-order valence-corrected chi connectivity index (χ0v) is 18.7. The molecule has 1 saturated heterocycles. The summed E-state index contributed by atoms with van der Waals surface area (Å²) in [6.45, 7) is 3.97. The summed E-state index contributed by atoms with van der Waals surface area (Å²) in [5, 5.41) is 3.39. The topological polar surface area (TPSA) is 63.2 Å². The molecule has 152 valence electrons. The molecule has 7 heteroatoms. The molecule has 0 aromatic heterocycles. The van der Waals surface area contributed by atoms with Crippen LogP contribution in [0.25, 0.3) is 0 Å². The average molecular weight is 489 g/mol. The lowest BCUT2D eigenvalue weighted by atomic mass is 9.97. The lowest BCUT2D eigenvalue weighted by Crippen LogP contribution is -2.47. The summed E-state index contributed by atoms with van der Waals surface area (Å²) in [7, 11) is 3.25. The predicted molar refractivity (Wildman–Crippen MR) is 119 cm³/mol. The maximum atomic E-state index is 11.6. The van der Waals surface area contributed by atoms with Gasteiger partial charge in [-0.3, -0.25) is 9.79 Å². The van der Waals surface area contributed by atoms with E-state index in [9.17, 15) is 4.79 Å². The van der Waals surface area contributed by atoms with Crippen molar-refractivity contribution in [1.82, 2.24) is 10.2 Å². The van der Waals surface area contributed by atoms with Crippen molar-refractivity contribution in [2.24, 2.45) is 10.9 Å². The number of halogens is 1. The summed E-state index contributed by atoms with van der Waals surface area (Å²) in [5.74, 6) is 0.824. The molecule has 0 saturated carbocycles. The highest BCUT2D eigenvalue weighted by Gasteiger charge is 2.26. The molecule has 1 aliphatic heterocycles. The second-order valence-corrected chi connectivity index (χ2v) is 6.46. The van der Waals surface area contributed by atoms with Crippen LogP contribution in [0, 0.1) is 5.92 Å². The van der Waals surface area contributed by atoms with Gasteiger partial charge in [-0.25, -0.2) is 0 Å². The van der Waals surface area contributed by atoms with Crippen LogP contribution in [0.4, 0.5) is 0 Å². The Balaban J connectivity index is 0.00000364. The summed E-state index contributed by atoms with van der Waals surface area (Å²) < 4.78 is 10.5. The van der Waals surface area contributed by atoms with E-state index in [0.29, 0.717) is 0 Å². The molecule has 1 heterocycles. The summed E-state index contributed by atoms with van der Waals surface area (Å²) in [6, 6.07) is 10.4. The van der Waals surface area contributed by atoms with Gasteiger partial charge in [0.25, 0.3) is 0 Å². The number of hydrogen-bond acceptors (Lipinski definition) is 4. The molecule has 0 aliphatic carbocycles. The minimum Gasteiger partial charge on any atom is -0.469 e. The number of nitrogens with zero attached hydrogens (tertiary/aromatic N) is 2. The van der Waals surface area contributed by atoms with Crippen LogP contribution in [0.15, 0.2) is 35.3 Å². The molecule has 0 unspecified atom stereocenters. The number of likely N-dealkylation sites (tertiary alicyclic amines) is 1. The van der Waals surface area contributed by atoms with Crippen LogP contribution in [0.2, 0.25) is 0 Å². The number of hydrogen-bond donors (Lipinski definition) is 1. The van der Waals surface area contributed by atoms with E-state index >= 15 is 0 Å². The maximum absolute atomic E-state index is 11.6. The van der Waals surface area contributed by atoms with Gasteiger partial charge in [0.15, 0.2) is 5.96 Å². The first-order chi connectivity index (χ1) is 12.7. The van der Waals surface area contributed by atoms with E-state index in [-0.39, 0.29) is 35.9 Å². The van der Waals surface area contributed by atoms with Crippen molar-refractivity contribution in [3.63, 3.8) is 0 Å². The fraction of sp³-hybridized carbons (Fsp3) is 0.600. The summed E-state index contributed by atoms with van der Waals surface area (Å²) in [6.07, 6.45) is 3.52. The predicted octanol–water partition coefficient (Wildman–Crippen LogP) is 2.71. The first-order valence-corrected chi connectivity index (χ1v) is 9.39. The number of aliphatic imine (C=N–C) groups is 1. The SMILES string of the molecule is CN=C(NCCCOCCc1ccccc1)N1CCC(C(=O)OC)CC1.I. The Kier molecular flexibility index (Phi) is 12.1. The van der Waals surface area contributed by atoms with E-state index in [2.05, 4.69) is 39.5 Å². The standard InChI is InChI=1S/C20H31N3O3.HI/c1-21-20(23-13-9-18(10-14-23)19(24)25-2)22-12-6-15-26-16-11-17-7-4-3-5-8-17;/h3-5,7-8,18H,6,9-16H2,1-2H3,(H,21,22);1H. The van der Waals surface area contributed by atoms with Crippen molar-refractivity contribution >= 4 is 35.9 Å². The van der Waals surface area contributed by atoms with E-state index < -0.39 is 0 Å². The minimum atomic E-state index is -0.0970. The number of piperidine rings is 1. The van der Waals surface area contributed by atoms with Crippen molar-refractivity contribution in [3.05, 3.63) is 35.9 Å². The molecule has 1 aliphatic rings. The van der Waals surface area contributed by atoms with Gasteiger partial charge in [0.1, 0.15) is 0 Å². The number of ether oxygens (including phenoxy) is 2. The third-order valence-electron chi connectivity index (χ3n) is 4.67. The summed E-state index contributed by atoms with van der Waals surface area (Å²) in [5.41, 5.74) is 1.31. The molecule has 1 fully saturated rings. The van der Waals surface area contributed by atoms with E-state index in [1.54, 1.807) is 7.05 Å². The van der Waals surface area contributed by atoms with Gasteiger partial charge in [-0.05, 0) is 31.2 Å². The zero-order chi connectivity index (χ0) is 18.6. The van der Waals surface area contributed by atoms with Crippen LogP contribution in [0.1, 0.15) is 24.8 Å². The number of benzene rings is 1. The van der Waals surface area contributed by atoms with Gasteiger partial charge in [-0.15, -0.1) is 24.0 Å². The molecule has 0 amide bonds. The van der Waals surface area contributed by atoms with Crippen LogP contribution < -0.4 is 5.32 Å². The third-order valence-corrected chi connectivity index (χ3v) is 4.67. The van der Waals surface area contributed by atoms with Gasteiger partial charge in [-0.2, -0.15) is 0 Å². The highest BCUT2D eigenvalue weighted by atomic mass is 127. The largest absolute Gasteiger partial charge is 0.469 e. The van der Waals surface area contributed by atoms with Gasteiger partial charge < -0.3 is 19.7 Å². The molecule has 0 radical (unpaired) electrons. The monoisotopic (exact) mass is 489 g/mol. The van der Waals surface area contributed by atoms with Gasteiger partial charge in [0.2, 0.25) is 0 Å². The lowest BCUT2D eigenvalue weighted by Gasteiger charge is -2.33. The Bertz CT molecular complexity index is 561. The Labute approximate surface area is 179 Å². The highest BCUT2D eigenvalue weighted by Crippen LogP contribution is 2.18. The van der Waals surface area contributed by atoms with Crippen molar-refractivity contribution in [2.45, 2.75) is 25.7 Å². The van der Waals surface area contributed by atoms with Crippen LogP contribution in [0.5, 0.6) is 0 Å². The molecule has 6 nitrogen and oxygen atoms in total. The van der Waals surface area contributed by atoms with Crippen LogP contribution in [-0.2, 0) is 20.7 Å². The molecule has 2 rings (SSSR count). The molecular formula is C20H32IN3O3. The zero-order valence-electron chi connectivity index (χ0n) is 16.4. The number of esters is 1. The molecule has 27 heavy (non-hydrogen) atoms. The summed E-state index contributed by atoms with van der Waals surface area (Å²) >= 11 is 0. The number of rotatable bonds is 8. The van der Waals surface area contributed by atoms with Crippen molar-refractivity contribution in [1.29, 1.82) is 0 Å². The number of carbonyl (C=O) groups is 1. The minimum absolute atomic E-state index is 0. The maximum Gasteiger partial charge on any atom is 0.308 e. The van der Waals surface area contributed by atoms with E-state index in [0.717, 1.165) is 64.5 Å². The van der Waals surface area contributed by atoms with Gasteiger partial charge in [0, 0.05) is 33.3 Å². The van der Waals surface area contributed by atoms with E-state index in [4.69, 9.17) is 9.47 Å². The van der Waals surface area contributed by atoms with Gasteiger partial charge in [0.05, 0.1) is 19.6 Å². The fourth-order valence-corrected chi connectivity index (χ4v) is 3.14. The number of methoxy groups -OCH3 is 1. The molecule has 0 atom stereocenters. The van der Waals surface area contributed by atoms with E-state index in [1.165, 1.54) is 12.7 Å². The van der Waals surface area contributed by atoms with Crippen LogP contribution >= 0.6 is 24.0 Å². The van der Waals surface area contributed by atoms with Crippen molar-refractivity contribution in [2.75, 3.05) is 47.0 Å². The molecule has 1 aromatic rings. The fourth-order valence-electron chi connectivity index (χ4n) is 3.14. The molecule has 0 spiro atoms. The van der Waals surface area contributed by atoms with Crippen molar-refractivity contribution < 1.29 is 14.3 Å². The molecule has 0 bridgehead atoms. The number of carbonyl (C=O) groups excluding carboxylic acids is 1.